The highest BCUT2D eigenvalue weighted by molar-refractivity contribution is 5.73. The number of hydrogen-bond donors (Lipinski definition) is 0. The first-order valence-corrected chi connectivity index (χ1v) is 8.61. The Kier molecular flexibility index (Phi) is 5.08. The lowest BCUT2D eigenvalue weighted by Gasteiger charge is -2.41. The summed E-state index contributed by atoms with van der Waals surface area (Å²) in [5.74, 6) is 0.989. The molecule has 1 aliphatic heterocycles. The molecule has 0 spiro atoms. The molecule has 0 bridgehead atoms. The van der Waals surface area contributed by atoms with Gasteiger partial charge in [0.05, 0.1) is 19.3 Å². The lowest BCUT2D eigenvalue weighted by atomic mass is 10.00. The molecule has 3 rings (SSSR count). The van der Waals surface area contributed by atoms with E-state index >= 15 is 0 Å². The molecular formula is C19H26N4O2. The van der Waals surface area contributed by atoms with Crippen molar-refractivity contribution in [1.82, 2.24) is 19.6 Å². The summed E-state index contributed by atoms with van der Waals surface area (Å²) in [6.07, 6.45) is 1.94. The van der Waals surface area contributed by atoms with E-state index in [1.165, 1.54) is 11.3 Å². The van der Waals surface area contributed by atoms with Crippen LogP contribution in [0, 0.1) is 6.92 Å². The lowest BCUT2D eigenvalue weighted by Crippen LogP contribution is -2.49. The Morgan fingerprint density at radius 3 is 2.72 bits per heavy atom. The Balaban J connectivity index is 1.92. The summed E-state index contributed by atoms with van der Waals surface area (Å²) < 4.78 is 7.48. The Labute approximate surface area is 149 Å². The van der Waals surface area contributed by atoms with E-state index in [9.17, 15) is 4.79 Å². The molecule has 0 unspecified atom stereocenters. The van der Waals surface area contributed by atoms with E-state index in [4.69, 9.17) is 4.74 Å². The number of piperazine rings is 1. The molecule has 6 heteroatoms. The molecule has 0 N–H and O–H groups in total. The summed E-state index contributed by atoms with van der Waals surface area (Å²) in [6.45, 7) is 6.80. The highest BCUT2D eigenvalue weighted by Crippen LogP contribution is 2.33. The fourth-order valence-electron chi connectivity index (χ4n) is 3.45. The molecular weight excluding hydrogens is 316 g/mol. The molecule has 1 aliphatic rings. The van der Waals surface area contributed by atoms with Crippen LogP contribution in [0.15, 0.2) is 30.5 Å². The zero-order chi connectivity index (χ0) is 18.0. The number of methoxy groups -OCH3 is 1. The number of para-hydroxylation sites is 1. The van der Waals surface area contributed by atoms with Gasteiger partial charge >= 0.3 is 0 Å². The Morgan fingerprint density at radius 2 is 2.08 bits per heavy atom. The molecule has 1 amide bonds. The van der Waals surface area contributed by atoms with Gasteiger partial charge in [0.25, 0.3) is 0 Å². The van der Waals surface area contributed by atoms with Crippen molar-refractivity contribution in [3.63, 3.8) is 0 Å². The largest absolute Gasteiger partial charge is 0.496 e. The van der Waals surface area contributed by atoms with E-state index in [0.29, 0.717) is 6.54 Å². The summed E-state index contributed by atoms with van der Waals surface area (Å²) in [4.78, 5) is 16.3. The third-order valence-corrected chi connectivity index (χ3v) is 5.14. The van der Waals surface area contributed by atoms with Gasteiger partial charge in [0.1, 0.15) is 5.75 Å². The monoisotopic (exact) mass is 342 g/mol. The van der Waals surface area contributed by atoms with Gasteiger partial charge in [-0.05, 0) is 13.0 Å². The van der Waals surface area contributed by atoms with E-state index in [2.05, 4.69) is 23.0 Å². The summed E-state index contributed by atoms with van der Waals surface area (Å²) in [6, 6.07) is 8.18. The first kappa shape index (κ1) is 17.5. The van der Waals surface area contributed by atoms with Gasteiger partial charge in [0.15, 0.2) is 0 Å². The lowest BCUT2D eigenvalue weighted by molar-refractivity contribution is -0.132. The van der Waals surface area contributed by atoms with Gasteiger partial charge in [-0.1, -0.05) is 18.2 Å². The smallest absolute Gasteiger partial charge is 0.219 e. The van der Waals surface area contributed by atoms with Crippen LogP contribution in [0.5, 0.6) is 5.75 Å². The van der Waals surface area contributed by atoms with Crippen molar-refractivity contribution in [1.29, 1.82) is 0 Å². The molecule has 6 nitrogen and oxygen atoms in total. The highest BCUT2D eigenvalue weighted by Gasteiger charge is 2.31. The Bertz CT molecular complexity index is 756. The molecule has 1 aromatic carbocycles. The molecule has 25 heavy (non-hydrogen) atoms. The third kappa shape index (κ3) is 3.54. The van der Waals surface area contributed by atoms with E-state index in [1.54, 1.807) is 14.0 Å². The SMILES string of the molecule is COc1ccccc1[C@H]1CN(C(C)=O)CCN1Cc1cnn(C)c1C. The number of carbonyl (C=O) groups is 1. The molecule has 0 aliphatic carbocycles. The average molecular weight is 342 g/mol. The second-order valence-electron chi connectivity index (χ2n) is 6.57. The van der Waals surface area contributed by atoms with Crippen molar-refractivity contribution < 1.29 is 9.53 Å². The normalized spacial score (nSPS) is 18.4. The van der Waals surface area contributed by atoms with Crippen LogP contribution in [0.1, 0.15) is 29.8 Å². The van der Waals surface area contributed by atoms with Gasteiger partial charge in [0.2, 0.25) is 5.91 Å². The summed E-state index contributed by atoms with van der Waals surface area (Å²) in [5, 5.41) is 4.36. The number of rotatable bonds is 4. The van der Waals surface area contributed by atoms with Crippen LogP contribution in [0.25, 0.3) is 0 Å². The van der Waals surface area contributed by atoms with Crippen molar-refractivity contribution in [2.75, 3.05) is 26.7 Å². The first-order chi connectivity index (χ1) is 12.0. The Morgan fingerprint density at radius 1 is 1.32 bits per heavy atom. The zero-order valence-electron chi connectivity index (χ0n) is 15.4. The fourth-order valence-corrected chi connectivity index (χ4v) is 3.45. The Hall–Kier alpha value is -2.34. The van der Waals surface area contributed by atoms with Gasteiger partial charge in [-0.2, -0.15) is 5.10 Å². The molecule has 1 aromatic heterocycles. The predicted molar refractivity (Wildman–Crippen MR) is 96.3 cm³/mol. The van der Waals surface area contributed by atoms with Crippen molar-refractivity contribution in [2.45, 2.75) is 26.4 Å². The average Bonchev–Trinajstić information content (AvgIpc) is 2.94. The quantitative estimate of drug-likeness (QED) is 0.854. The maximum absolute atomic E-state index is 11.9. The van der Waals surface area contributed by atoms with E-state index < -0.39 is 0 Å². The van der Waals surface area contributed by atoms with Crippen LogP contribution >= 0.6 is 0 Å². The number of nitrogens with zero attached hydrogens (tertiary/aromatic N) is 4. The van der Waals surface area contributed by atoms with Crippen molar-refractivity contribution >= 4 is 5.91 Å². The van der Waals surface area contributed by atoms with Gasteiger partial charge in [-0.25, -0.2) is 0 Å². The highest BCUT2D eigenvalue weighted by atomic mass is 16.5. The van der Waals surface area contributed by atoms with Crippen LogP contribution in [-0.4, -0.2) is 52.2 Å². The molecule has 1 atom stereocenters. The summed E-state index contributed by atoms with van der Waals surface area (Å²) in [5.41, 5.74) is 3.52. The van der Waals surface area contributed by atoms with Crippen molar-refractivity contribution in [3.05, 3.63) is 47.3 Å². The van der Waals surface area contributed by atoms with Gasteiger partial charge in [0, 0.05) is 57.0 Å². The topological polar surface area (TPSA) is 50.6 Å². The second-order valence-corrected chi connectivity index (χ2v) is 6.57. The maximum Gasteiger partial charge on any atom is 0.219 e. The molecule has 2 heterocycles. The van der Waals surface area contributed by atoms with Crippen LogP contribution < -0.4 is 4.74 Å². The van der Waals surface area contributed by atoms with Gasteiger partial charge in [-0.15, -0.1) is 0 Å². The fraction of sp³-hybridized carbons (Fsp3) is 0.474. The molecule has 134 valence electrons. The third-order valence-electron chi connectivity index (χ3n) is 5.14. The number of amides is 1. The number of carbonyl (C=O) groups excluding carboxylic acids is 1. The standard InChI is InChI=1S/C19H26N4O2/c1-14-16(11-20-21(14)3)12-23-10-9-22(15(2)24)13-18(23)17-7-5-6-8-19(17)25-4/h5-8,11,18H,9-10,12-13H2,1-4H3/t18-/m1/s1. The molecule has 0 radical (unpaired) electrons. The van der Waals surface area contributed by atoms with E-state index in [-0.39, 0.29) is 11.9 Å². The first-order valence-electron chi connectivity index (χ1n) is 8.61. The minimum absolute atomic E-state index is 0.105. The number of ether oxygens (including phenoxy) is 1. The van der Waals surface area contributed by atoms with Crippen molar-refractivity contribution in [2.24, 2.45) is 7.05 Å². The summed E-state index contributed by atoms with van der Waals surface area (Å²) in [7, 11) is 3.66. The van der Waals surface area contributed by atoms with Gasteiger partial charge in [-0.3, -0.25) is 14.4 Å². The summed E-state index contributed by atoms with van der Waals surface area (Å²) >= 11 is 0. The van der Waals surface area contributed by atoms with Crippen LogP contribution in [0.4, 0.5) is 0 Å². The van der Waals surface area contributed by atoms with Gasteiger partial charge < -0.3 is 9.64 Å². The van der Waals surface area contributed by atoms with Crippen molar-refractivity contribution in [3.8, 4) is 5.75 Å². The predicted octanol–water partition coefficient (Wildman–Crippen LogP) is 2.14. The molecule has 1 saturated heterocycles. The van der Waals surface area contributed by atoms with E-state index in [1.807, 2.05) is 41.0 Å². The second kappa shape index (κ2) is 7.27. The number of aryl methyl sites for hydroxylation is 1. The van der Waals surface area contributed by atoms with Crippen LogP contribution in [0.3, 0.4) is 0 Å². The molecule has 2 aromatic rings. The number of aromatic nitrogens is 2. The molecule has 0 saturated carbocycles. The van der Waals surface area contributed by atoms with E-state index in [0.717, 1.165) is 30.9 Å². The zero-order valence-corrected chi connectivity index (χ0v) is 15.4. The number of benzene rings is 1. The molecule has 1 fully saturated rings. The van der Waals surface area contributed by atoms with Crippen LogP contribution in [0.2, 0.25) is 0 Å². The minimum atomic E-state index is 0.105. The van der Waals surface area contributed by atoms with Crippen LogP contribution in [-0.2, 0) is 18.4 Å². The minimum Gasteiger partial charge on any atom is -0.496 e. The number of hydrogen-bond acceptors (Lipinski definition) is 4. The maximum atomic E-state index is 11.9.